The van der Waals surface area contributed by atoms with Gasteiger partial charge in [0.2, 0.25) is 0 Å². The molecule has 2 aliphatic carbocycles. The van der Waals surface area contributed by atoms with Crippen molar-refractivity contribution < 1.29 is 9.84 Å². The molecule has 0 unspecified atom stereocenters. The van der Waals surface area contributed by atoms with E-state index in [0.29, 0.717) is 6.10 Å². The zero-order valence-corrected chi connectivity index (χ0v) is 9.17. The first kappa shape index (κ1) is 10.4. The Bertz CT molecular complexity index is 187. The molecule has 2 rings (SSSR count). The van der Waals surface area contributed by atoms with Crippen LogP contribution in [0, 0.1) is 5.41 Å². The molecule has 0 amide bonds. The molecular weight excluding hydrogens is 176 g/mol. The van der Waals surface area contributed by atoms with Gasteiger partial charge in [-0.1, -0.05) is 26.2 Å². The fourth-order valence-corrected chi connectivity index (χ4v) is 2.75. The minimum absolute atomic E-state index is 0.0442. The molecule has 82 valence electrons. The third-order valence-corrected chi connectivity index (χ3v) is 3.98. The van der Waals surface area contributed by atoms with E-state index in [1.54, 1.807) is 0 Å². The van der Waals surface area contributed by atoms with Gasteiger partial charge in [0.25, 0.3) is 0 Å². The number of hydrogen-bond acceptors (Lipinski definition) is 2. The monoisotopic (exact) mass is 198 g/mol. The largest absolute Gasteiger partial charge is 0.392 e. The number of ether oxygens (including phenoxy) is 1. The molecule has 0 aromatic rings. The molecule has 0 spiro atoms. The summed E-state index contributed by atoms with van der Waals surface area (Å²) in [7, 11) is 0. The minimum Gasteiger partial charge on any atom is -0.392 e. The average Bonchev–Trinajstić information content (AvgIpc) is 2.75. The molecule has 1 N–H and O–H groups in total. The molecule has 0 aromatic carbocycles. The van der Waals surface area contributed by atoms with Gasteiger partial charge in [-0.25, -0.2) is 0 Å². The lowest BCUT2D eigenvalue weighted by Crippen LogP contribution is -2.33. The SMILES string of the molecule is C[C@@]1(COC2CCCC2)CCC[C@H]1O. The highest BCUT2D eigenvalue weighted by atomic mass is 16.5. The first-order valence-corrected chi connectivity index (χ1v) is 6.00. The molecule has 0 saturated heterocycles. The van der Waals surface area contributed by atoms with Gasteiger partial charge in [-0.2, -0.15) is 0 Å². The van der Waals surface area contributed by atoms with Crippen molar-refractivity contribution in [2.75, 3.05) is 6.61 Å². The van der Waals surface area contributed by atoms with E-state index in [-0.39, 0.29) is 11.5 Å². The summed E-state index contributed by atoms with van der Waals surface area (Å²) in [6.45, 7) is 2.93. The number of aliphatic hydroxyl groups excluding tert-OH is 1. The van der Waals surface area contributed by atoms with E-state index in [9.17, 15) is 5.11 Å². The van der Waals surface area contributed by atoms with Crippen LogP contribution in [0.25, 0.3) is 0 Å². The standard InChI is InChI=1S/C12H22O2/c1-12(8-4-7-11(12)13)9-14-10-5-2-3-6-10/h10-11,13H,2-9H2,1H3/t11-,12+/m1/s1. The van der Waals surface area contributed by atoms with Crippen LogP contribution in [-0.4, -0.2) is 23.9 Å². The second kappa shape index (κ2) is 4.19. The molecule has 0 aromatic heterocycles. The van der Waals surface area contributed by atoms with Gasteiger partial charge >= 0.3 is 0 Å². The van der Waals surface area contributed by atoms with Crippen molar-refractivity contribution >= 4 is 0 Å². The van der Waals surface area contributed by atoms with Crippen LogP contribution in [0.15, 0.2) is 0 Å². The minimum atomic E-state index is -0.135. The second-order valence-electron chi connectivity index (χ2n) is 5.28. The molecule has 2 aliphatic rings. The smallest absolute Gasteiger partial charge is 0.0615 e. The summed E-state index contributed by atoms with van der Waals surface area (Å²) < 4.78 is 5.90. The third-order valence-electron chi connectivity index (χ3n) is 3.98. The highest BCUT2D eigenvalue weighted by molar-refractivity contribution is 4.88. The molecule has 0 bridgehead atoms. The Hall–Kier alpha value is -0.0800. The Morgan fingerprint density at radius 3 is 2.50 bits per heavy atom. The second-order valence-corrected chi connectivity index (χ2v) is 5.28. The molecule has 0 heterocycles. The normalized spacial score (nSPS) is 39.4. The fourth-order valence-electron chi connectivity index (χ4n) is 2.75. The molecule has 2 nitrogen and oxygen atoms in total. The van der Waals surface area contributed by atoms with Crippen molar-refractivity contribution in [3.8, 4) is 0 Å². The van der Waals surface area contributed by atoms with E-state index >= 15 is 0 Å². The van der Waals surface area contributed by atoms with E-state index in [4.69, 9.17) is 4.74 Å². The van der Waals surface area contributed by atoms with Crippen LogP contribution in [0.2, 0.25) is 0 Å². The summed E-state index contributed by atoms with van der Waals surface area (Å²) in [5.41, 5.74) is 0.0442. The van der Waals surface area contributed by atoms with E-state index < -0.39 is 0 Å². The maximum atomic E-state index is 9.84. The number of rotatable bonds is 3. The summed E-state index contributed by atoms with van der Waals surface area (Å²) in [5, 5.41) is 9.84. The van der Waals surface area contributed by atoms with Gasteiger partial charge in [0.1, 0.15) is 0 Å². The van der Waals surface area contributed by atoms with E-state index in [2.05, 4.69) is 6.92 Å². The van der Waals surface area contributed by atoms with Gasteiger partial charge < -0.3 is 9.84 Å². The quantitative estimate of drug-likeness (QED) is 0.755. The summed E-state index contributed by atoms with van der Waals surface area (Å²) >= 11 is 0. The fraction of sp³-hybridized carbons (Fsp3) is 1.00. The van der Waals surface area contributed by atoms with Gasteiger partial charge in [0.15, 0.2) is 0 Å². The van der Waals surface area contributed by atoms with E-state index in [1.165, 1.54) is 25.7 Å². The first-order valence-electron chi connectivity index (χ1n) is 6.00. The number of hydrogen-bond donors (Lipinski definition) is 1. The molecule has 0 radical (unpaired) electrons. The zero-order valence-electron chi connectivity index (χ0n) is 9.17. The van der Waals surface area contributed by atoms with E-state index in [1.807, 2.05) is 0 Å². The van der Waals surface area contributed by atoms with Crippen LogP contribution in [0.1, 0.15) is 51.9 Å². The molecule has 2 heteroatoms. The van der Waals surface area contributed by atoms with Crippen LogP contribution in [0.4, 0.5) is 0 Å². The maximum absolute atomic E-state index is 9.84. The Morgan fingerprint density at radius 2 is 1.93 bits per heavy atom. The molecule has 14 heavy (non-hydrogen) atoms. The summed E-state index contributed by atoms with van der Waals surface area (Å²) in [6, 6.07) is 0. The van der Waals surface area contributed by atoms with Crippen molar-refractivity contribution in [2.45, 2.75) is 64.1 Å². The maximum Gasteiger partial charge on any atom is 0.0615 e. The van der Waals surface area contributed by atoms with E-state index in [0.717, 1.165) is 25.9 Å². The molecule has 2 atom stereocenters. The van der Waals surface area contributed by atoms with Crippen LogP contribution < -0.4 is 0 Å². The first-order chi connectivity index (χ1) is 6.71. The summed E-state index contributed by atoms with van der Waals surface area (Å²) in [5.74, 6) is 0. The van der Waals surface area contributed by atoms with Gasteiger partial charge in [-0.15, -0.1) is 0 Å². The van der Waals surface area contributed by atoms with Crippen LogP contribution in [0.3, 0.4) is 0 Å². The number of aliphatic hydroxyl groups is 1. The summed E-state index contributed by atoms with van der Waals surface area (Å²) in [4.78, 5) is 0. The van der Waals surface area contributed by atoms with Gasteiger partial charge in [0.05, 0.1) is 18.8 Å². The average molecular weight is 198 g/mol. The highest BCUT2D eigenvalue weighted by Gasteiger charge is 2.38. The molecule has 0 aliphatic heterocycles. The molecular formula is C12H22O2. The van der Waals surface area contributed by atoms with Gasteiger partial charge in [-0.3, -0.25) is 0 Å². The Balaban J connectivity index is 1.78. The predicted molar refractivity (Wildman–Crippen MR) is 56.2 cm³/mol. The van der Waals surface area contributed by atoms with Crippen LogP contribution in [-0.2, 0) is 4.74 Å². The lowest BCUT2D eigenvalue weighted by Gasteiger charge is -2.29. The lowest BCUT2D eigenvalue weighted by molar-refractivity contribution is -0.0442. The topological polar surface area (TPSA) is 29.5 Å². The molecule has 2 fully saturated rings. The predicted octanol–water partition coefficient (Wildman–Crippen LogP) is 2.50. The van der Waals surface area contributed by atoms with Crippen LogP contribution >= 0.6 is 0 Å². The third kappa shape index (κ3) is 2.12. The van der Waals surface area contributed by atoms with Crippen molar-refractivity contribution in [3.63, 3.8) is 0 Å². The van der Waals surface area contributed by atoms with Crippen molar-refractivity contribution in [3.05, 3.63) is 0 Å². The summed E-state index contributed by atoms with van der Waals surface area (Å²) in [6.07, 6.45) is 8.70. The lowest BCUT2D eigenvalue weighted by atomic mass is 9.87. The van der Waals surface area contributed by atoms with Crippen LogP contribution in [0.5, 0.6) is 0 Å². The Kier molecular flexibility index (Phi) is 3.13. The molecule has 2 saturated carbocycles. The van der Waals surface area contributed by atoms with Crippen molar-refractivity contribution in [1.82, 2.24) is 0 Å². The Morgan fingerprint density at radius 1 is 1.21 bits per heavy atom. The van der Waals surface area contributed by atoms with Crippen molar-refractivity contribution in [2.24, 2.45) is 5.41 Å². The van der Waals surface area contributed by atoms with Gasteiger partial charge in [-0.05, 0) is 25.7 Å². The Labute approximate surface area is 86.6 Å². The van der Waals surface area contributed by atoms with Crippen molar-refractivity contribution in [1.29, 1.82) is 0 Å². The zero-order chi connectivity index (χ0) is 10.0. The highest BCUT2D eigenvalue weighted by Crippen LogP contribution is 2.39. The van der Waals surface area contributed by atoms with Gasteiger partial charge in [0, 0.05) is 5.41 Å².